The number of fused-ring (bicyclic) bond motifs is 1. The van der Waals surface area contributed by atoms with E-state index < -0.39 is 0 Å². The third-order valence-electron chi connectivity index (χ3n) is 4.86. The molecule has 0 saturated carbocycles. The van der Waals surface area contributed by atoms with Crippen molar-refractivity contribution < 1.29 is 14.3 Å². The average molecular weight is 401 g/mol. The van der Waals surface area contributed by atoms with Crippen LogP contribution in [0.4, 0.5) is 5.69 Å². The topological polar surface area (TPSA) is 52.5 Å². The van der Waals surface area contributed by atoms with E-state index in [0.717, 1.165) is 27.8 Å². The molecule has 6 heteroatoms. The van der Waals surface area contributed by atoms with E-state index in [1.54, 1.807) is 13.2 Å². The maximum Gasteiger partial charge on any atom is 0.272 e. The zero-order valence-corrected chi connectivity index (χ0v) is 17.6. The Labute approximate surface area is 170 Å². The lowest BCUT2D eigenvalue weighted by atomic mass is 10.1. The highest BCUT2D eigenvalue weighted by Crippen LogP contribution is 2.33. The standard InChI is InChI=1S/C22H25ClN2O3/c1-6-25-19-9-8-15(28-7-2)11-16(19)14(4)21(25)22(26)24-18-10-13(3)17(23)12-20(18)27-5/h8-12H,6-7H2,1-5H3,(H,24,26). The van der Waals surface area contributed by atoms with Gasteiger partial charge in [-0.25, -0.2) is 0 Å². The van der Waals surface area contributed by atoms with Crippen molar-refractivity contribution in [2.24, 2.45) is 0 Å². The highest BCUT2D eigenvalue weighted by molar-refractivity contribution is 6.31. The van der Waals surface area contributed by atoms with Gasteiger partial charge in [-0.15, -0.1) is 0 Å². The van der Waals surface area contributed by atoms with Crippen LogP contribution in [0.15, 0.2) is 30.3 Å². The minimum Gasteiger partial charge on any atom is -0.495 e. The molecule has 1 heterocycles. The summed E-state index contributed by atoms with van der Waals surface area (Å²) in [5, 5.41) is 4.59. The number of hydrogen-bond acceptors (Lipinski definition) is 3. The fraction of sp³-hybridized carbons (Fsp3) is 0.318. The molecule has 0 bridgehead atoms. The van der Waals surface area contributed by atoms with Crippen LogP contribution in [0.25, 0.3) is 10.9 Å². The Bertz CT molecular complexity index is 1040. The summed E-state index contributed by atoms with van der Waals surface area (Å²) in [7, 11) is 1.56. The Balaban J connectivity index is 2.07. The Morgan fingerprint density at radius 3 is 2.57 bits per heavy atom. The molecule has 0 aliphatic heterocycles. The molecule has 0 spiro atoms. The second-order valence-electron chi connectivity index (χ2n) is 6.59. The Morgan fingerprint density at radius 2 is 1.93 bits per heavy atom. The van der Waals surface area contributed by atoms with E-state index in [4.69, 9.17) is 21.1 Å². The van der Waals surface area contributed by atoms with E-state index in [-0.39, 0.29) is 5.91 Å². The van der Waals surface area contributed by atoms with Gasteiger partial charge in [0.05, 0.1) is 19.4 Å². The number of rotatable bonds is 6. The van der Waals surface area contributed by atoms with E-state index in [2.05, 4.69) is 5.32 Å². The summed E-state index contributed by atoms with van der Waals surface area (Å²) < 4.78 is 13.0. The highest BCUT2D eigenvalue weighted by atomic mass is 35.5. The summed E-state index contributed by atoms with van der Waals surface area (Å²) in [5.74, 6) is 1.14. The number of ether oxygens (including phenoxy) is 2. The van der Waals surface area contributed by atoms with Crippen LogP contribution in [-0.4, -0.2) is 24.2 Å². The largest absolute Gasteiger partial charge is 0.495 e. The molecule has 148 valence electrons. The van der Waals surface area contributed by atoms with E-state index in [1.165, 1.54) is 0 Å². The van der Waals surface area contributed by atoms with Gasteiger partial charge in [-0.1, -0.05) is 11.6 Å². The molecule has 1 N–H and O–H groups in total. The average Bonchev–Trinajstić information content (AvgIpc) is 2.96. The zero-order chi connectivity index (χ0) is 20.4. The molecule has 0 saturated heterocycles. The second kappa shape index (κ2) is 8.15. The van der Waals surface area contributed by atoms with Crippen molar-refractivity contribution in [3.8, 4) is 11.5 Å². The number of methoxy groups -OCH3 is 1. The number of benzene rings is 2. The van der Waals surface area contributed by atoms with E-state index in [1.807, 2.05) is 56.5 Å². The van der Waals surface area contributed by atoms with Gasteiger partial charge in [0.2, 0.25) is 0 Å². The lowest BCUT2D eigenvalue weighted by molar-refractivity contribution is 0.101. The molecule has 0 unspecified atom stereocenters. The van der Waals surface area contributed by atoms with Gasteiger partial charge < -0.3 is 19.4 Å². The van der Waals surface area contributed by atoms with Crippen molar-refractivity contribution in [2.45, 2.75) is 34.2 Å². The summed E-state index contributed by atoms with van der Waals surface area (Å²) in [6, 6.07) is 9.46. The maximum absolute atomic E-state index is 13.2. The number of nitrogens with one attached hydrogen (secondary N) is 1. The van der Waals surface area contributed by atoms with Crippen molar-refractivity contribution in [3.63, 3.8) is 0 Å². The zero-order valence-electron chi connectivity index (χ0n) is 16.9. The molecule has 1 amide bonds. The van der Waals surface area contributed by atoms with Gasteiger partial charge in [0.25, 0.3) is 5.91 Å². The van der Waals surface area contributed by atoms with Crippen LogP contribution in [0, 0.1) is 13.8 Å². The van der Waals surface area contributed by atoms with Gasteiger partial charge in [-0.3, -0.25) is 4.79 Å². The van der Waals surface area contributed by atoms with Crippen LogP contribution in [0.3, 0.4) is 0 Å². The lowest BCUT2D eigenvalue weighted by Crippen LogP contribution is -2.18. The molecule has 0 aliphatic rings. The van der Waals surface area contributed by atoms with Gasteiger partial charge in [0.15, 0.2) is 0 Å². The van der Waals surface area contributed by atoms with Crippen molar-refractivity contribution in [1.29, 1.82) is 0 Å². The van der Waals surface area contributed by atoms with Gasteiger partial charge in [0.1, 0.15) is 17.2 Å². The Hall–Kier alpha value is -2.66. The van der Waals surface area contributed by atoms with Gasteiger partial charge in [0, 0.05) is 28.5 Å². The molecular weight excluding hydrogens is 376 g/mol. The third kappa shape index (κ3) is 3.54. The maximum atomic E-state index is 13.2. The molecule has 0 aliphatic carbocycles. The summed E-state index contributed by atoms with van der Waals surface area (Å²) in [4.78, 5) is 13.2. The predicted molar refractivity (Wildman–Crippen MR) is 114 cm³/mol. The van der Waals surface area contributed by atoms with Crippen molar-refractivity contribution in [3.05, 3.63) is 52.2 Å². The summed E-state index contributed by atoms with van der Waals surface area (Å²) in [5.41, 5.74) is 4.01. The lowest BCUT2D eigenvalue weighted by Gasteiger charge is -2.14. The Morgan fingerprint density at radius 1 is 1.18 bits per heavy atom. The quantitative estimate of drug-likeness (QED) is 0.586. The summed E-state index contributed by atoms with van der Waals surface area (Å²) in [6.07, 6.45) is 0. The van der Waals surface area contributed by atoms with Gasteiger partial charge in [-0.2, -0.15) is 0 Å². The van der Waals surface area contributed by atoms with Crippen LogP contribution in [0.1, 0.15) is 35.5 Å². The van der Waals surface area contributed by atoms with E-state index in [9.17, 15) is 4.79 Å². The number of halogens is 1. The predicted octanol–water partition coefficient (Wildman–Crippen LogP) is 5.59. The number of amides is 1. The molecule has 3 aromatic rings. The fourth-order valence-corrected chi connectivity index (χ4v) is 3.64. The monoisotopic (exact) mass is 400 g/mol. The first-order chi connectivity index (χ1) is 13.4. The minimum atomic E-state index is -0.187. The first kappa shape index (κ1) is 20.1. The highest BCUT2D eigenvalue weighted by Gasteiger charge is 2.21. The number of nitrogens with zero attached hydrogens (tertiary/aromatic N) is 1. The smallest absolute Gasteiger partial charge is 0.272 e. The number of carbonyl (C=O) groups is 1. The number of aromatic nitrogens is 1. The van der Waals surface area contributed by atoms with Crippen molar-refractivity contribution >= 4 is 34.1 Å². The van der Waals surface area contributed by atoms with Crippen LogP contribution < -0.4 is 14.8 Å². The molecule has 28 heavy (non-hydrogen) atoms. The number of carbonyl (C=O) groups excluding carboxylic acids is 1. The molecule has 0 radical (unpaired) electrons. The molecule has 2 aromatic carbocycles. The Kier molecular flexibility index (Phi) is 5.84. The molecule has 0 fully saturated rings. The van der Waals surface area contributed by atoms with Crippen LogP contribution in [0.5, 0.6) is 11.5 Å². The number of aryl methyl sites for hydroxylation is 3. The van der Waals surface area contributed by atoms with Crippen LogP contribution in [-0.2, 0) is 6.54 Å². The SMILES string of the molecule is CCOc1ccc2c(c1)c(C)c(C(=O)Nc1cc(C)c(Cl)cc1OC)n2CC. The number of hydrogen-bond donors (Lipinski definition) is 1. The first-order valence-electron chi connectivity index (χ1n) is 9.32. The molecule has 3 rings (SSSR count). The summed E-state index contributed by atoms with van der Waals surface area (Å²) >= 11 is 6.18. The molecule has 0 atom stereocenters. The molecule has 5 nitrogen and oxygen atoms in total. The second-order valence-corrected chi connectivity index (χ2v) is 6.99. The van der Waals surface area contributed by atoms with E-state index >= 15 is 0 Å². The van der Waals surface area contributed by atoms with Crippen LogP contribution >= 0.6 is 11.6 Å². The third-order valence-corrected chi connectivity index (χ3v) is 5.27. The van der Waals surface area contributed by atoms with Gasteiger partial charge >= 0.3 is 0 Å². The minimum absolute atomic E-state index is 0.187. The normalized spacial score (nSPS) is 10.9. The fourth-order valence-electron chi connectivity index (χ4n) is 3.49. The van der Waals surface area contributed by atoms with E-state index in [0.29, 0.717) is 35.3 Å². The van der Waals surface area contributed by atoms with Crippen molar-refractivity contribution in [1.82, 2.24) is 4.57 Å². The van der Waals surface area contributed by atoms with Crippen LogP contribution in [0.2, 0.25) is 5.02 Å². The molecule has 1 aromatic heterocycles. The van der Waals surface area contributed by atoms with Crippen molar-refractivity contribution in [2.75, 3.05) is 19.0 Å². The van der Waals surface area contributed by atoms with Gasteiger partial charge in [-0.05, 0) is 63.1 Å². The number of anilines is 1. The summed E-state index contributed by atoms with van der Waals surface area (Å²) in [6.45, 7) is 9.11. The molecular formula is C22H25ClN2O3. The first-order valence-corrected chi connectivity index (χ1v) is 9.70.